The fourth-order valence-corrected chi connectivity index (χ4v) is 2.57. The molecule has 19 heavy (non-hydrogen) atoms. The van der Waals surface area contributed by atoms with E-state index in [0.717, 1.165) is 22.0 Å². The van der Waals surface area contributed by atoms with E-state index in [1.807, 2.05) is 30.9 Å². The van der Waals surface area contributed by atoms with Gasteiger partial charge in [0, 0.05) is 18.5 Å². The van der Waals surface area contributed by atoms with Gasteiger partial charge in [-0.25, -0.2) is 0 Å². The van der Waals surface area contributed by atoms with E-state index in [1.54, 1.807) is 6.20 Å². The predicted molar refractivity (Wildman–Crippen MR) is 72.1 cm³/mol. The van der Waals surface area contributed by atoms with E-state index in [2.05, 4.69) is 10.2 Å². The van der Waals surface area contributed by atoms with Gasteiger partial charge >= 0.3 is 0 Å². The summed E-state index contributed by atoms with van der Waals surface area (Å²) in [6, 6.07) is 3.91. The molecule has 2 heterocycles. The van der Waals surface area contributed by atoms with Crippen LogP contribution in [0.1, 0.15) is 22.8 Å². The second-order valence-electron chi connectivity index (χ2n) is 5.02. The Morgan fingerprint density at radius 1 is 1.53 bits per heavy atom. The Balaban J connectivity index is 2.01. The summed E-state index contributed by atoms with van der Waals surface area (Å²) in [4.78, 5) is 14.6. The molecule has 0 bridgehead atoms. The van der Waals surface area contributed by atoms with Gasteiger partial charge in [-0.1, -0.05) is 6.07 Å². The monoisotopic (exact) mass is 259 g/mol. The number of aromatic amines is 1. The minimum atomic E-state index is 0.0691. The highest BCUT2D eigenvalue weighted by atomic mass is 16.5. The molecule has 3 rings (SSSR count). The first-order valence-electron chi connectivity index (χ1n) is 6.50. The van der Waals surface area contributed by atoms with Crippen molar-refractivity contribution >= 4 is 16.8 Å². The minimum Gasteiger partial charge on any atom is -0.375 e. The van der Waals surface area contributed by atoms with Crippen molar-refractivity contribution in [2.45, 2.75) is 20.0 Å². The van der Waals surface area contributed by atoms with E-state index in [0.29, 0.717) is 19.7 Å². The summed E-state index contributed by atoms with van der Waals surface area (Å²) in [5.74, 6) is 0.0691. The summed E-state index contributed by atoms with van der Waals surface area (Å²) in [7, 11) is 0. The number of benzene rings is 1. The lowest BCUT2D eigenvalue weighted by atomic mass is 10.0. The van der Waals surface area contributed by atoms with E-state index in [1.165, 1.54) is 0 Å². The van der Waals surface area contributed by atoms with Gasteiger partial charge in [0.2, 0.25) is 0 Å². The molecule has 1 aromatic heterocycles. The van der Waals surface area contributed by atoms with Gasteiger partial charge < -0.3 is 9.64 Å². The number of carbonyl (C=O) groups excluding carboxylic acids is 1. The quantitative estimate of drug-likeness (QED) is 0.848. The Bertz CT molecular complexity index is 620. The summed E-state index contributed by atoms with van der Waals surface area (Å²) >= 11 is 0. The summed E-state index contributed by atoms with van der Waals surface area (Å²) in [6.45, 7) is 5.85. The molecule has 0 spiro atoms. The Hall–Kier alpha value is -1.88. The van der Waals surface area contributed by atoms with Gasteiger partial charge in [-0.05, 0) is 25.5 Å². The lowest BCUT2D eigenvalue weighted by Crippen LogP contribution is -2.44. The molecule has 5 heteroatoms. The molecule has 0 saturated carbocycles. The predicted octanol–water partition coefficient (Wildman–Crippen LogP) is 1.73. The Kier molecular flexibility index (Phi) is 2.98. The highest BCUT2D eigenvalue weighted by molar-refractivity contribution is 6.07. The van der Waals surface area contributed by atoms with Crippen LogP contribution in [-0.2, 0) is 4.74 Å². The Labute approximate surface area is 111 Å². The van der Waals surface area contributed by atoms with Gasteiger partial charge in [-0.2, -0.15) is 5.10 Å². The van der Waals surface area contributed by atoms with Crippen LogP contribution >= 0.6 is 0 Å². The first-order chi connectivity index (χ1) is 9.16. The van der Waals surface area contributed by atoms with Crippen molar-refractivity contribution in [2.24, 2.45) is 0 Å². The van der Waals surface area contributed by atoms with Crippen molar-refractivity contribution < 1.29 is 9.53 Å². The third-order valence-corrected chi connectivity index (χ3v) is 3.57. The lowest BCUT2D eigenvalue weighted by Gasteiger charge is -2.31. The molecule has 0 radical (unpaired) electrons. The SMILES string of the molecule is Cc1ccc2[nH]ncc2c1C(=O)N1CCO[C@@H](C)C1. The third kappa shape index (κ3) is 2.10. The Morgan fingerprint density at radius 2 is 2.37 bits per heavy atom. The third-order valence-electron chi connectivity index (χ3n) is 3.57. The number of hydrogen-bond donors (Lipinski definition) is 1. The van der Waals surface area contributed by atoms with Crippen LogP contribution in [0, 0.1) is 6.92 Å². The molecule has 100 valence electrons. The number of nitrogens with zero attached hydrogens (tertiary/aromatic N) is 2. The van der Waals surface area contributed by atoms with Gasteiger partial charge in [0.15, 0.2) is 0 Å². The molecule has 1 N–H and O–H groups in total. The van der Waals surface area contributed by atoms with Crippen LogP contribution in [0.2, 0.25) is 0 Å². The number of amides is 1. The van der Waals surface area contributed by atoms with E-state index >= 15 is 0 Å². The second kappa shape index (κ2) is 4.66. The number of carbonyl (C=O) groups is 1. The average Bonchev–Trinajstić information content (AvgIpc) is 2.86. The number of morpholine rings is 1. The number of aryl methyl sites for hydroxylation is 1. The number of H-pyrrole nitrogens is 1. The molecule has 0 unspecified atom stereocenters. The maximum absolute atomic E-state index is 12.7. The summed E-state index contributed by atoms with van der Waals surface area (Å²) in [6.07, 6.45) is 1.82. The van der Waals surface area contributed by atoms with E-state index in [4.69, 9.17) is 4.74 Å². The zero-order chi connectivity index (χ0) is 13.4. The summed E-state index contributed by atoms with van der Waals surface area (Å²) < 4.78 is 5.48. The van der Waals surface area contributed by atoms with Crippen LogP contribution in [-0.4, -0.2) is 46.8 Å². The van der Waals surface area contributed by atoms with Gasteiger partial charge in [0.1, 0.15) is 0 Å². The zero-order valence-electron chi connectivity index (χ0n) is 11.1. The van der Waals surface area contributed by atoms with Gasteiger partial charge in [-0.15, -0.1) is 0 Å². The number of rotatable bonds is 1. The molecular weight excluding hydrogens is 242 g/mol. The number of ether oxygens (including phenoxy) is 1. The van der Waals surface area contributed by atoms with Crippen molar-refractivity contribution in [3.8, 4) is 0 Å². The van der Waals surface area contributed by atoms with Crippen LogP contribution in [0.25, 0.3) is 10.9 Å². The number of fused-ring (bicyclic) bond motifs is 1. The van der Waals surface area contributed by atoms with Crippen LogP contribution < -0.4 is 0 Å². The molecule has 1 amide bonds. The minimum absolute atomic E-state index is 0.0691. The maximum atomic E-state index is 12.7. The van der Waals surface area contributed by atoms with E-state index in [-0.39, 0.29) is 12.0 Å². The summed E-state index contributed by atoms with van der Waals surface area (Å²) in [5, 5.41) is 7.83. The number of hydrogen-bond acceptors (Lipinski definition) is 3. The highest BCUT2D eigenvalue weighted by Gasteiger charge is 2.25. The number of nitrogens with one attached hydrogen (secondary N) is 1. The standard InChI is InChI=1S/C14H17N3O2/c1-9-3-4-12-11(7-15-16-12)13(9)14(18)17-5-6-19-10(2)8-17/h3-4,7,10H,5-6,8H2,1-2H3,(H,15,16)/t10-/m0/s1. The fourth-order valence-electron chi connectivity index (χ4n) is 2.57. The van der Waals surface area contributed by atoms with Crippen molar-refractivity contribution in [2.75, 3.05) is 19.7 Å². The lowest BCUT2D eigenvalue weighted by molar-refractivity contribution is -0.0123. The van der Waals surface area contributed by atoms with Crippen molar-refractivity contribution in [1.29, 1.82) is 0 Å². The van der Waals surface area contributed by atoms with E-state index < -0.39 is 0 Å². The second-order valence-corrected chi connectivity index (χ2v) is 5.02. The molecule has 1 saturated heterocycles. The molecule has 1 aliphatic heterocycles. The van der Waals surface area contributed by atoms with Crippen LogP contribution in [0.5, 0.6) is 0 Å². The topological polar surface area (TPSA) is 58.2 Å². The van der Waals surface area contributed by atoms with Crippen LogP contribution in [0.15, 0.2) is 18.3 Å². The molecule has 5 nitrogen and oxygen atoms in total. The van der Waals surface area contributed by atoms with Crippen LogP contribution in [0.3, 0.4) is 0 Å². The fraction of sp³-hybridized carbons (Fsp3) is 0.429. The first kappa shape index (κ1) is 12.2. The van der Waals surface area contributed by atoms with Crippen molar-refractivity contribution in [3.63, 3.8) is 0 Å². The first-order valence-corrected chi connectivity index (χ1v) is 6.50. The zero-order valence-corrected chi connectivity index (χ0v) is 11.1. The van der Waals surface area contributed by atoms with Gasteiger partial charge in [-0.3, -0.25) is 9.89 Å². The highest BCUT2D eigenvalue weighted by Crippen LogP contribution is 2.22. The van der Waals surface area contributed by atoms with Gasteiger partial charge in [0.05, 0.1) is 30.0 Å². The molecule has 2 aromatic rings. The van der Waals surface area contributed by atoms with Crippen molar-refractivity contribution in [1.82, 2.24) is 15.1 Å². The normalized spacial score (nSPS) is 19.9. The largest absolute Gasteiger partial charge is 0.375 e. The maximum Gasteiger partial charge on any atom is 0.255 e. The smallest absolute Gasteiger partial charge is 0.255 e. The van der Waals surface area contributed by atoms with Crippen LogP contribution in [0.4, 0.5) is 0 Å². The van der Waals surface area contributed by atoms with Gasteiger partial charge in [0.25, 0.3) is 5.91 Å². The summed E-state index contributed by atoms with van der Waals surface area (Å²) in [5.41, 5.74) is 2.63. The molecule has 0 aliphatic carbocycles. The average molecular weight is 259 g/mol. The number of aromatic nitrogens is 2. The van der Waals surface area contributed by atoms with Crippen molar-refractivity contribution in [3.05, 3.63) is 29.5 Å². The molecule has 1 aliphatic rings. The molecular formula is C14H17N3O2. The molecule has 1 atom stereocenters. The molecule has 1 aromatic carbocycles. The Morgan fingerprint density at radius 3 is 3.16 bits per heavy atom. The van der Waals surface area contributed by atoms with E-state index in [9.17, 15) is 4.79 Å². The molecule has 1 fully saturated rings.